The highest BCUT2D eigenvalue weighted by molar-refractivity contribution is 5.95. The van der Waals surface area contributed by atoms with E-state index in [2.05, 4.69) is 15.4 Å². The number of ether oxygens (including phenoxy) is 3. The smallest absolute Gasteiger partial charge is 0.254 e. The number of carbonyl (C=O) groups excluding carboxylic acids is 1. The van der Waals surface area contributed by atoms with Crippen LogP contribution in [0.3, 0.4) is 0 Å². The highest BCUT2D eigenvalue weighted by Crippen LogP contribution is 2.35. The summed E-state index contributed by atoms with van der Waals surface area (Å²) < 4.78 is 18.1. The Morgan fingerprint density at radius 1 is 1.13 bits per heavy atom. The summed E-state index contributed by atoms with van der Waals surface area (Å²) in [5, 5.41) is 7.46. The Kier molecular flexibility index (Phi) is 6.89. The van der Waals surface area contributed by atoms with Gasteiger partial charge in [0.25, 0.3) is 5.91 Å². The Hall–Kier alpha value is -3.13. The van der Waals surface area contributed by atoms with Gasteiger partial charge in [-0.2, -0.15) is 5.10 Å². The third kappa shape index (κ3) is 4.23. The quantitative estimate of drug-likeness (QED) is 0.543. The van der Waals surface area contributed by atoms with Crippen molar-refractivity contribution < 1.29 is 19.0 Å². The van der Waals surface area contributed by atoms with Crippen molar-refractivity contribution in [3.8, 4) is 22.6 Å². The molecule has 0 aliphatic heterocycles. The number of nitrogens with zero attached hydrogens (tertiary/aromatic N) is 3. The van der Waals surface area contributed by atoms with Gasteiger partial charge < -0.3 is 19.5 Å². The van der Waals surface area contributed by atoms with Crippen LogP contribution in [-0.4, -0.2) is 54.0 Å². The van der Waals surface area contributed by atoms with Gasteiger partial charge in [-0.3, -0.25) is 4.79 Å². The minimum Gasteiger partial charge on any atom is -0.490 e. The zero-order valence-corrected chi connectivity index (χ0v) is 18.1. The van der Waals surface area contributed by atoms with E-state index >= 15 is 0 Å². The van der Waals surface area contributed by atoms with Crippen LogP contribution in [0.15, 0.2) is 24.4 Å². The van der Waals surface area contributed by atoms with Gasteiger partial charge in [-0.05, 0) is 45.4 Å². The number of nitrogens with one attached hydrogen (secondary N) is 1. The van der Waals surface area contributed by atoms with E-state index in [1.54, 1.807) is 17.8 Å². The van der Waals surface area contributed by atoms with Gasteiger partial charge in [0, 0.05) is 25.4 Å². The highest BCUT2D eigenvalue weighted by Gasteiger charge is 2.19. The van der Waals surface area contributed by atoms with Gasteiger partial charge in [0.15, 0.2) is 17.1 Å². The predicted octanol–water partition coefficient (Wildman–Crippen LogP) is 3.19. The molecule has 0 aliphatic rings. The van der Waals surface area contributed by atoms with Crippen LogP contribution in [0.4, 0.5) is 0 Å². The molecular formula is C22H28N4O4. The fraction of sp³-hybridized carbons (Fsp3) is 0.409. The lowest BCUT2D eigenvalue weighted by molar-refractivity contribution is 0.0935. The van der Waals surface area contributed by atoms with Crippen LogP contribution in [0, 0.1) is 13.8 Å². The number of amides is 1. The highest BCUT2D eigenvalue weighted by atomic mass is 16.5. The Morgan fingerprint density at radius 2 is 1.87 bits per heavy atom. The SMILES string of the molecule is CCOc1ccc(-c2c(C)nn3c(C)c(C(=O)NCCOC)cnc23)cc1OCC. The van der Waals surface area contributed by atoms with E-state index in [1.165, 1.54) is 0 Å². The first-order valence-electron chi connectivity index (χ1n) is 10.0. The zero-order chi connectivity index (χ0) is 21.7. The first-order chi connectivity index (χ1) is 14.5. The van der Waals surface area contributed by atoms with Gasteiger partial charge >= 0.3 is 0 Å². The molecule has 0 bridgehead atoms. The number of benzene rings is 1. The second kappa shape index (κ2) is 9.58. The molecule has 0 atom stereocenters. The minimum absolute atomic E-state index is 0.201. The van der Waals surface area contributed by atoms with Crippen LogP contribution < -0.4 is 14.8 Å². The van der Waals surface area contributed by atoms with Gasteiger partial charge in [0.05, 0.1) is 36.8 Å². The minimum atomic E-state index is -0.201. The van der Waals surface area contributed by atoms with Crippen LogP contribution in [0.1, 0.15) is 35.6 Å². The number of hydrogen-bond acceptors (Lipinski definition) is 6. The molecule has 160 valence electrons. The second-order valence-corrected chi connectivity index (χ2v) is 6.73. The molecule has 0 fully saturated rings. The Labute approximate surface area is 176 Å². The van der Waals surface area contributed by atoms with E-state index in [0.717, 1.165) is 22.5 Å². The molecule has 1 amide bonds. The Balaban J connectivity index is 2.04. The summed E-state index contributed by atoms with van der Waals surface area (Å²) in [5.41, 5.74) is 4.53. The van der Waals surface area contributed by atoms with Gasteiger partial charge in [-0.25, -0.2) is 9.50 Å². The van der Waals surface area contributed by atoms with Crippen molar-refractivity contribution in [1.82, 2.24) is 19.9 Å². The molecule has 30 heavy (non-hydrogen) atoms. The van der Waals surface area contributed by atoms with E-state index in [0.29, 0.717) is 49.1 Å². The molecule has 0 unspecified atom stereocenters. The molecule has 0 aliphatic carbocycles. The number of fused-ring (bicyclic) bond motifs is 1. The summed E-state index contributed by atoms with van der Waals surface area (Å²) in [6.45, 7) is 9.65. The fourth-order valence-electron chi connectivity index (χ4n) is 3.33. The third-order valence-corrected chi connectivity index (χ3v) is 4.73. The van der Waals surface area contributed by atoms with Crippen molar-refractivity contribution in [3.05, 3.63) is 41.3 Å². The molecule has 3 aromatic rings. The lowest BCUT2D eigenvalue weighted by Gasteiger charge is -2.12. The molecule has 0 saturated carbocycles. The maximum absolute atomic E-state index is 12.5. The molecule has 2 heterocycles. The Morgan fingerprint density at radius 3 is 2.57 bits per heavy atom. The van der Waals surface area contributed by atoms with Gasteiger partial charge in [0.1, 0.15) is 0 Å². The fourth-order valence-corrected chi connectivity index (χ4v) is 3.33. The van der Waals surface area contributed by atoms with Crippen LogP contribution >= 0.6 is 0 Å². The third-order valence-electron chi connectivity index (χ3n) is 4.73. The first kappa shape index (κ1) is 21.6. The predicted molar refractivity (Wildman–Crippen MR) is 114 cm³/mol. The first-order valence-corrected chi connectivity index (χ1v) is 10.0. The van der Waals surface area contributed by atoms with Gasteiger partial charge in [-0.15, -0.1) is 0 Å². The van der Waals surface area contributed by atoms with Crippen LogP contribution in [0.5, 0.6) is 11.5 Å². The number of carbonyl (C=O) groups is 1. The molecule has 2 aromatic heterocycles. The molecule has 8 nitrogen and oxygen atoms in total. The monoisotopic (exact) mass is 412 g/mol. The van der Waals surface area contributed by atoms with Crippen molar-refractivity contribution in [1.29, 1.82) is 0 Å². The molecule has 8 heteroatoms. The lowest BCUT2D eigenvalue weighted by atomic mass is 10.1. The number of aromatic nitrogens is 3. The summed E-state index contributed by atoms with van der Waals surface area (Å²) in [6, 6.07) is 5.82. The van der Waals surface area contributed by atoms with Crippen LogP contribution in [-0.2, 0) is 4.74 Å². The molecule has 0 saturated heterocycles. The molecule has 0 spiro atoms. The van der Waals surface area contributed by atoms with E-state index < -0.39 is 0 Å². The van der Waals surface area contributed by atoms with Crippen LogP contribution in [0.25, 0.3) is 16.8 Å². The second-order valence-electron chi connectivity index (χ2n) is 6.73. The van der Waals surface area contributed by atoms with Crippen molar-refractivity contribution in [3.63, 3.8) is 0 Å². The van der Waals surface area contributed by atoms with Crippen molar-refractivity contribution in [2.45, 2.75) is 27.7 Å². The van der Waals surface area contributed by atoms with E-state index in [1.807, 2.05) is 45.9 Å². The number of methoxy groups -OCH3 is 1. The standard InChI is InChI=1S/C22H28N4O4/c1-6-29-18-9-8-16(12-19(18)30-7-2)20-14(3)25-26-15(4)17(13-24-21(20)26)22(27)23-10-11-28-5/h8-9,12-13H,6-7,10-11H2,1-5H3,(H,23,27). The van der Waals surface area contributed by atoms with Crippen LogP contribution in [0.2, 0.25) is 0 Å². The molecule has 1 N–H and O–H groups in total. The average Bonchev–Trinajstić information content (AvgIpc) is 3.07. The summed E-state index contributed by atoms with van der Waals surface area (Å²) in [5.74, 6) is 1.19. The summed E-state index contributed by atoms with van der Waals surface area (Å²) in [7, 11) is 1.59. The molecule has 3 rings (SSSR count). The van der Waals surface area contributed by atoms with Crippen molar-refractivity contribution >= 4 is 11.6 Å². The van der Waals surface area contributed by atoms with Crippen molar-refractivity contribution in [2.24, 2.45) is 0 Å². The summed E-state index contributed by atoms with van der Waals surface area (Å²) in [4.78, 5) is 17.0. The number of hydrogen-bond donors (Lipinski definition) is 1. The number of aryl methyl sites for hydroxylation is 2. The summed E-state index contributed by atoms with van der Waals surface area (Å²) in [6.07, 6.45) is 1.59. The topological polar surface area (TPSA) is 87.0 Å². The molecule has 1 aromatic carbocycles. The normalized spacial score (nSPS) is 11.0. The zero-order valence-electron chi connectivity index (χ0n) is 18.1. The Bertz CT molecular complexity index is 1050. The van der Waals surface area contributed by atoms with Crippen molar-refractivity contribution in [2.75, 3.05) is 33.5 Å². The van der Waals surface area contributed by atoms with E-state index in [-0.39, 0.29) is 5.91 Å². The van der Waals surface area contributed by atoms with E-state index in [9.17, 15) is 4.79 Å². The summed E-state index contributed by atoms with van der Waals surface area (Å²) >= 11 is 0. The molecule has 0 radical (unpaired) electrons. The molecular weight excluding hydrogens is 384 g/mol. The van der Waals surface area contributed by atoms with Gasteiger partial charge in [-0.1, -0.05) is 6.07 Å². The largest absolute Gasteiger partial charge is 0.490 e. The number of rotatable bonds is 9. The average molecular weight is 412 g/mol. The van der Waals surface area contributed by atoms with Gasteiger partial charge in [0.2, 0.25) is 0 Å². The van der Waals surface area contributed by atoms with E-state index in [4.69, 9.17) is 14.2 Å². The lowest BCUT2D eigenvalue weighted by Crippen LogP contribution is -2.28. The maximum atomic E-state index is 12.5. The maximum Gasteiger partial charge on any atom is 0.254 e.